The second kappa shape index (κ2) is 7.22. The molecule has 0 saturated carbocycles. The smallest absolute Gasteiger partial charge is 0.155 e. The van der Waals surface area contributed by atoms with Gasteiger partial charge in [0.2, 0.25) is 0 Å². The van der Waals surface area contributed by atoms with Gasteiger partial charge in [0.1, 0.15) is 0 Å². The normalized spacial score (nSPS) is 14.3. The Morgan fingerprint density at radius 1 is 0.933 bits per heavy atom. The predicted molar refractivity (Wildman–Crippen MR) is 66.9 cm³/mol. The lowest BCUT2D eigenvalue weighted by molar-refractivity contribution is -0.113. The maximum Gasteiger partial charge on any atom is 0.155 e. The molecule has 15 heavy (non-hydrogen) atoms. The van der Waals surface area contributed by atoms with E-state index in [1.807, 2.05) is 19.1 Å². The van der Waals surface area contributed by atoms with E-state index in [9.17, 15) is 4.79 Å². The molecule has 0 aromatic heterocycles. The van der Waals surface area contributed by atoms with Gasteiger partial charge in [-0.2, -0.15) is 0 Å². The van der Waals surface area contributed by atoms with E-state index in [0.29, 0.717) is 0 Å². The highest BCUT2D eigenvalue weighted by Gasteiger charge is 1.94. The van der Waals surface area contributed by atoms with Gasteiger partial charge in [0.15, 0.2) is 5.78 Å². The highest BCUT2D eigenvalue weighted by Crippen LogP contribution is 2.11. The van der Waals surface area contributed by atoms with E-state index in [4.69, 9.17) is 0 Å². The summed E-state index contributed by atoms with van der Waals surface area (Å²) in [5.41, 5.74) is 3.55. The van der Waals surface area contributed by atoms with E-state index in [1.165, 1.54) is 11.1 Å². The fraction of sp³-hybridized carbons (Fsp3) is 0.500. The number of ketones is 1. The zero-order valence-corrected chi connectivity index (χ0v) is 10.6. The van der Waals surface area contributed by atoms with Crippen molar-refractivity contribution in [1.82, 2.24) is 0 Å². The highest BCUT2D eigenvalue weighted by atomic mass is 16.1. The first-order chi connectivity index (χ1) is 6.97. The Kier molecular flexibility index (Phi) is 6.68. The average molecular weight is 206 g/mol. The van der Waals surface area contributed by atoms with Crippen LogP contribution in [0, 0.1) is 0 Å². The molecule has 0 bridgehead atoms. The minimum absolute atomic E-state index is 0.142. The Morgan fingerprint density at radius 3 is 1.93 bits per heavy atom. The van der Waals surface area contributed by atoms with Crippen molar-refractivity contribution in [3.63, 3.8) is 0 Å². The molecule has 0 aliphatic rings. The van der Waals surface area contributed by atoms with E-state index in [-0.39, 0.29) is 5.78 Å². The number of hydrogen-bond acceptors (Lipinski definition) is 1. The van der Waals surface area contributed by atoms with Crippen LogP contribution in [-0.4, -0.2) is 5.78 Å². The number of carbonyl (C=O) groups is 1. The maximum absolute atomic E-state index is 11.0. The summed E-state index contributed by atoms with van der Waals surface area (Å²) in [7, 11) is 0. The highest BCUT2D eigenvalue weighted by molar-refractivity contribution is 5.92. The Bertz CT molecular complexity index is 303. The largest absolute Gasteiger partial charge is 0.295 e. The van der Waals surface area contributed by atoms with Crippen molar-refractivity contribution in [2.24, 2.45) is 0 Å². The molecule has 0 spiro atoms. The first kappa shape index (κ1) is 13.9. The lowest BCUT2D eigenvalue weighted by Crippen LogP contribution is -1.90. The zero-order valence-electron chi connectivity index (χ0n) is 10.6. The molecule has 0 rings (SSSR count). The van der Waals surface area contributed by atoms with Crippen molar-refractivity contribution in [3.8, 4) is 0 Å². The fourth-order valence-corrected chi connectivity index (χ4v) is 1.01. The maximum atomic E-state index is 11.0. The molecule has 0 aliphatic heterocycles. The number of hydrogen-bond donors (Lipinski definition) is 0. The molecular formula is C14H22O. The summed E-state index contributed by atoms with van der Waals surface area (Å²) in [6, 6.07) is 0. The molecule has 0 fully saturated rings. The van der Waals surface area contributed by atoms with E-state index < -0.39 is 0 Å². The van der Waals surface area contributed by atoms with Crippen molar-refractivity contribution < 1.29 is 4.79 Å². The summed E-state index contributed by atoms with van der Waals surface area (Å²) in [6.45, 7) is 9.76. The number of Topliss-reactive ketones (excluding diaryl/α,β-unsaturated/α-hetero) is 1. The molecule has 0 aliphatic carbocycles. The van der Waals surface area contributed by atoms with Crippen molar-refractivity contribution in [1.29, 1.82) is 0 Å². The van der Waals surface area contributed by atoms with Gasteiger partial charge >= 0.3 is 0 Å². The number of carbonyl (C=O) groups excluding carboxylic acids is 1. The minimum atomic E-state index is 0.142. The van der Waals surface area contributed by atoms with Crippen molar-refractivity contribution in [2.75, 3.05) is 0 Å². The molecule has 0 aromatic carbocycles. The molecule has 0 saturated heterocycles. The van der Waals surface area contributed by atoms with Crippen LogP contribution >= 0.6 is 0 Å². The number of allylic oxidation sites excluding steroid dienone is 6. The number of rotatable bonds is 5. The topological polar surface area (TPSA) is 17.1 Å². The van der Waals surface area contributed by atoms with Crippen LogP contribution in [0.3, 0.4) is 0 Å². The van der Waals surface area contributed by atoms with Gasteiger partial charge in [0.05, 0.1) is 0 Å². The summed E-state index contributed by atoms with van der Waals surface area (Å²) in [4.78, 5) is 11.0. The molecule has 0 atom stereocenters. The van der Waals surface area contributed by atoms with E-state index in [2.05, 4.69) is 26.8 Å². The van der Waals surface area contributed by atoms with E-state index in [1.54, 1.807) is 6.92 Å². The van der Waals surface area contributed by atoms with Crippen molar-refractivity contribution in [3.05, 3.63) is 34.9 Å². The predicted octanol–water partition coefficient (Wildman–Crippen LogP) is 4.21. The third-order valence-electron chi connectivity index (χ3n) is 2.58. The lowest BCUT2D eigenvalue weighted by Gasteiger charge is -2.00. The molecule has 0 amide bonds. The summed E-state index contributed by atoms with van der Waals surface area (Å²) in [5.74, 6) is 0.142. The van der Waals surface area contributed by atoms with Crippen LogP contribution in [0.5, 0.6) is 0 Å². The van der Waals surface area contributed by atoms with Gasteiger partial charge in [-0.15, -0.1) is 0 Å². The fourth-order valence-electron chi connectivity index (χ4n) is 1.01. The molecule has 0 heterocycles. The Hall–Kier alpha value is -1.11. The molecule has 0 unspecified atom stereocenters. The van der Waals surface area contributed by atoms with Crippen LogP contribution in [0.1, 0.15) is 47.5 Å². The Labute approximate surface area is 93.6 Å². The van der Waals surface area contributed by atoms with Crippen molar-refractivity contribution >= 4 is 5.78 Å². The molecule has 0 aromatic rings. The van der Waals surface area contributed by atoms with Crippen LogP contribution in [0.15, 0.2) is 34.9 Å². The van der Waals surface area contributed by atoms with Gasteiger partial charge in [0.25, 0.3) is 0 Å². The minimum Gasteiger partial charge on any atom is -0.295 e. The van der Waals surface area contributed by atoms with Gasteiger partial charge in [-0.3, -0.25) is 4.79 Å². The second-order valence-electron chi connectivity index (χ2n) is 4.05. The molecule has 1 nitrogen and oxygen atoms in total. The molecule has 84 valence electrons. The van der Waals surface area contributed by atoms with Gasteiger partial charge in [-0.25, -0.2) is 0 Å². The van der Waals surface area contributed by atoms with Crippen LogP contribution < -0.4 is 0 Å². The molecule has 0 radical (unpaired) electrons. The molecular weight excluding hydrogens is 184 g/mol. The summed E-state index contributed by atoms with van der Waals surface area (Å²) >= 11 is 0. The third kappa shape index (κ3) is 6.89. The third-order valence-corrected chi connectivity index (χ3v) is 2.58. The van der Waals surface area contributed by atoms with E-state index >= 15 is 0 Å². The van der Waals surface area contributed by atoms with Crippen LogP contribution in [0.25, 0.3) is 0 Å². The van der Waals surface area contributed by atoms with Crippen LogP contribution in [0.2, 0.25) is 0 Å². The lowest BCUT2D eigenvalue weighted by atomic mass is 10.1. The van der Waals surface area contributed by atoms with Gasteiger partial charge in [-0.05, 0) is 53.0 Å². The van der Waals surface area contributed by atoms with Crippen LogP contribution in [0.4, 0.5) is 0 Å². The molecule has 1 heteroatoms. The Balaban J connectivity index is 4.22. The van der Waals surface area contributed by atoms with Crippen LogP contribution in [-0.2, 0) is 4.79 Å². The zero-order chi connectivity index (χ0) is 11.8. The van der Waals surface area contributed by atoms with Gasteiger partial charge in [-0.1, -0.05) is 29.4 Å². The standard InChI is InChI=1S/C14H22O/c1-6-11(2)7-8-12(3)9-10-13(4)14(5)15/h6,9-10H,7-8H2,1-5H3. The second-order valence-corrected chi connectivity index (χ2v) is 4.05. The average Bonchev–Trinajstić information content (AvgIpc) is 2.21. The summed E-state index contributed by atoms with van der Waals surface area (Å²) in [6.07, 6.45) is 8.26. The van der Waals surface area contributed by atoms with Gasteiger partial charge in [0, 0.05) is 0 Å². The molecule has 0 N–H and O–H groups in total. The SMILES string of the molecule is CC=C(C)CCC(C)=CC=C(C)C(C)=O. The first-order valence-corrected chi connectivity index (χ1v) is 5.44. The first-order valence-electron chi connectivity index (χ1n) is 5.44. The van der Waals surface area contributed by atoms with Gasteiger partial charge < -0.3 is 0 Å². The van der Waals surface area contributed by atoms with E-state index in [0.717, 1.165) is 18.4 Å². The quantitative estimate of drug-likeness (QED) is 0.374. The monoisotopic (exact) mass is 206 g/mol. The summed E-state index contributed by atoms with van der Waals surface area (Å²) in [5, 5.41) is 0. The van der Waals surface area contributed by atoms with Crippen molar-refractivity contribution in [2.45, 2.75) is 47.5 Å². The summed E-state index contributed by atoms with van der Waals surface area (Å²) < 4.78 is 0. The Morgan fingerprint density at radius 2 is 1.47 bits per heavy atom.